The van der Waals surface area contributed by atoms with Gasteiger partial charge in [0.05, 0.1) is 10.6 Å². The third-order valence-corrected chi connectivity index (χ3v) is 3.65. The lowest BCUT2D eigenvalue weighted by Crippen LogP contribution is -2.02. The number of phenols is 2. The SMILES string of the molecule is CCCCc1ccc(C(=O)c2cc(O)c(Cl)cc2O)cc1. The fourth-order valence-corrected chi connectivity index (χ4v) is 2.25. The van der Waals surface area contributed by atoms with E-state index in [4.69, 9.17) is 11.6 Å². The Hall–Kier alpha value is -2.00. The summed E-state index contributed by atoms with van der Waals surface area (Å²) in [5, 5.41) is 19.4. The Morgan fingerprint density at radius 2 is 1.76 bits per heavy atom. The second-order valence-corrected chi connectivity index (χ2v) is 5.36. The molecular weight excluding hydrogens is 288 g/mol. The molecule has 4 heteroatoms. The van der Waals surface area contributed by atoms with Gasteiger partial charge in [0.15, 0.2) is 5.78 Å². The van der Waals surface area contributed by atoms with Gasteiger partial charge in [0.25, 0.3) is 0 Å². The van der Waals surface area contributed by atoms with Crippen molar-refractivity contribution in [3.8, 4) is 11.5 Å². The minimum absolute atomic E-state index is 0.0129. The Labute approximate surface area is 128 Å². The van der Waals surface area contributed by atoms with Gasteiger partial charge in [-0.2, -0.15) is 0 Å². The summed E-state index contributed by atoms with van der Waals surface area (Å²) in [6, 6.07) is 9.65. The molecule has 3 nitrogen and oxygen atoms in total. The van der Waals surface area contributed by atoms with Crippen LogP contribution in [-0.2, 0) is 6.42 Å². The minimum Gasteiger partial charge on any atom is -0.507 e. The number of phenolic OH excluding ortho intramolecular Hbond substituents is 2. The third-order valence-electron chi connectivity index (χ3n) is 3.34. The molecule has 0 aliphatic rings. The largest absolute Gasteiger partial charge is 0.507 e. The molecule has 0 spiro atoms. The smallest absolute Gasteiger partial charge is 0.196 e. The summed E-state index contributed by atoms with van der Waals surface area (Å²) in [5.41, 5.74) is 1.68. The lowest BCUT2D eigenvalue weighted by atomic mass is 9.99. The molecule has 2 aromatic rings. The van der Waals surface area contributed by atoms with Gasteiger partial charge in [0.2, 0.25) is 0 Å². The van der Waals surface area contributed by atoms with Crippen LogP contribution in [-0.4, -0.2) is 16.0 Å². The van der Waals surface area contributed by atoms with Crippen molar-refractivity contribution in [3.63, 3.8) is 0 Å². The zero-order chi connectivity index (χ0) is 15.4. The van der Waals surface area contributed by atoms with Gasteiger partial charge >= 0.3 is 0 Å². The van der Waals surface area contributed by atoms with Crippen LogP contribution in [0.25, 0.3) is 0 Å². The average molecular weight is 305 g/mol. The molecule has 0 fully saturated rings. The van der Waals surface area contributed by atoms with Gasteiger partial charge < -0.3 is 10.2 Å². The highest BCUT2D eigenvalue weighted by Gasteiger charge is 2.16. The van der Waals surface area contributed by atoms with E-state index in [2.05, 4.69) is 6.92 Å². The number of halogens is 1. The highest BCUT2D eigenvalue weighted by Crippen LogP contribution is 2.32. The Kier molecular flexibility index (Phi) is 4.86. The van der Waals surface area contributed by atoms with Crippen molar-refractivity contribution < 1.29 is 15.0 Å². The molecule has 0 aliphatic carbocycles. The first-order valence-electron chi connectivity index (χ1n) is 6.88. The van der Waals surface area contributed by atoms with Crippen molar-refractivity contribution in [2.75, 3.05) is 0 Å². The van der Waals surface area contributed by atoms with Crippen molar-refractivity contribution in [2.24, 2.45) is 0 Å². The van der Waals surface area contributed by atoms with E-state index < -0.39 is 0 Å². The quantitative estimate of drug-likeness (QED) is 0.638. The molecule has 0 atom stereocenters. The number of ketones is 1. The molecule has 2 N–H and O–H groups in total. The molecule has 0 saturated heterocycles. The van der Waals surface area contributed by atoms with Crippen molar-refractivity contribution in [3.05, 3.63) is 58.1 Å². The van der Waals surface area contributed by atoms with Gasteiger partial charge in [-0.3, -0.25) is 4.79 Å². The number of unbranched alkanes of at least 4 members (excludes halogenated alkanes) is 1. The average Bonchev–Trinajstić information content (AvgIpc) is 2.48. The molecule has 2 aromatic carbocycles. The van der Waals surface area contributed by atoms with Crippen LogP contribution >= 0.6 is 11.6 Å². The summed E-state index contributed by atoms with van der Waals surface area (Å²) in [6.07, 6.45) is 3.22. The van der Waals surface area contributed by atoms with Gasteiger partial charge in [-0.1, -0.05) is 49.2 Å². The van der Waals surface area contributed by atoms with E-state index >= 15 is 0 Å². The maximum atomic E-state index is 12.3. The van der Waals surface area contributed by atoms with Crippen molar-refractivity contribution in [1.82, 2.24) is 0 Å². The first-order valence-corrected chi connectivity index (χ1v) is 7.26. The van der Waals surface area contributed by atoms with Crippen LogP contribution in [0.4, 0.5) is 0 Å². The lowest BCUT2D eigenvalue weighted by molar-refractivity contribution is 0.103. The summed E-state index contributed by atoms with van der Waals surface area (Å²) in [4.78, 5) is 12.3. The number of benzene rings is 2. The number of carbonyl (C=O) groups excluding carboxylic acids is 1. The first kappa shape index (κ1) is 15.4. The fourth-order valence-electron chi connectivity index (χ4n) is 2.09. The third kappa shape index (κ3) is 3.56. The highest BCUT2D eigenvalue weighted by molar-refractivity contribution is 6.32. The number of rotatable bonds is 5. The normalized spacial score (nSPS) is 10.6. The van der Waals surface area contributed by atoms with Gasteiger partial charge in [0, 0.05) is 11.6 Å². The molecule has 0 amide bonds. The van der Waals surface area contributed by atoms with Gasteiger partial charge in [-0.05, 0) is 24.5 Å². The van der Waals surface area contributed by atoms with Crippen molar-refractivity contribution in [1.29, 1.82) is 0 Å². The molecule has 0 radical (unpaired) electrons. The molecular formula is C17H17ClO3. The Morgan fingerprint density at radius 1 is 1.10 bits per heavy atom. The summed E-state index contributed by atoms with van der Waals surface area (Å²) < 4.78 is 0. The monoisotopic (exact) mass is 304 g/mol. The van der Waals surface area contributed by atoms with Crippen LogP contribution in [0.15, 0.2) is 36.4 Å². The summed E-state index contributed by atoms with van der Waals surface area (Å²) >= 11 is 5.68. The second kappa shape index (κ2) is 6.64. The minimum atomic E-state index is -0.346. The van der Waals surface area contributed by atoms with E-state index in [1.807, 2.05) is 12.1 Å². The van der Waals surface area contributed by atoms with Gasteiger partial charge in [-0.15, -0.1) is 0 Å². The van der Waals surface area contributed by atoms with Crippen LogP contribution in [0, 0.1) is 0 Å². The van der Waals surface area contributed by atoms with Crippen LogP contribution < -0.4 is 0 Å². The van der Waals surface area contributed by atoms with Crippen LogP contribution in [0.3, 0.4) is 0 Å². The zero-order valence-corrected chi connectivity index (χ0v) is 12.5. The lowest BCUT2D eigenvalue weighted by Gasteiger charge is -2.07. The molecule has 0 saturated carbocycles. The summed E-state index contributed by atoms with van der Waals surface area (Å²) in [6.45, 7) is 2.13. The van der Waals surface area contributed by atoms with E-state index in [0.717, 1.165) is 19.3 Å². The molecule has 0 aromatic heterocycles. The van der Waals surface area contributed by atoms with Crippen molar-refractivity contribution >= 4 is 17.4 Å². The molecule has 2 rings (SSSR count). The van der Waals surface area contributed by atoms with E-state index in [0.29, 0.717) is 5.56 Å². The van der Waals surface area contributed by atoms with Crippen LogP contribution in [0.1, 0.15) is 41.3 Å². The number of aromatic hydroxyl groups is 2. The van der Waals surface area contributed by atoms with Gasteiger partial charge in [-0.25, -0.2) is 0 Å². The molecule has 0 unspecified atom stereocenters. The summed E-state index contributed by atoms with van der Waals surface area (Å²) in [7, 11) is 0. The van der Waals surface area contributed by atoms with E-state index in [1.165, 1.54) is 17.7 Å². The van der Waals surface area contributed by atoms with Gasteiger partial charge in [0.1, 0.15) is 11.5 Å². The highest BCUT2D eigenvalue weighted by atomic mass is 35.5. The number of hydrogen-bond donors (Lipinski definition) is 2. The van der Waals surface area contributed by atoms with E-state index in [1.54, 1.807) is 12.1 Å². The Bertz CT molecular complexity index is 648. The maximum Gasteiger partial charge on any atom is 0.196 e. The van der Waals surface area contributed by atoms with E-state index in [-0.39, 0.29) is 27.9 Å². The standard InChI is InChI=1S/C17H17ClO3/c1-2-3-4-11-5-7-12(8-6-11)17(21)13-9-16(20)14(18)10-15(13)19/h5-10,19-20H,2-4H2,1H3. The Morgan fingerprint density at radius 3 is 2.38 bits per heavy atom. The predicted octanol–water partition coefficient (Wildman–Crippen LogP) is 4.32. The predicted molar refractivity (Wildman–Crippen MR) is 83.3 cm³/mol. The molecule has 0 bridgehead atoms. The topological polar surface area (TPSA) is 57.5 Å². The molecule has 110 valence electrons. The number of carbonyl (C=O) groups is 1. The number of hydrogen-bond acceptors (Lipinski definition) is 3. The van der Waals surface area contributed by atoms with Crippen molar-refractivity contribution in [2.45, 2.75) is 26.2 Å². The second-order valence-electron chi connectivity index (χ2n) is 4.95. The first-order chi connectivity index (χ1) is 10.0. The Balaban J connectivity index is 2.26. The van der Waals surface area contributed by atoms with Crippen LogP contribution in [0.2, 0.25) is 5.02 Å². The van der Waals surface area contributed by atoms with Crippen LogP contribution in [0.5, 0.6) is 11.5 Å². The molecule has 21 heavy (non-hydrogen) atoms. The molecule has 0 heterocycles. The summed E-state index contributed by atoms with van der Waals surface area (Å²) in [5.74, 6) is -0.809. The molecule has 0 aliphatic heterocycles. The maximum absolute atomic E-state index is 12.3. The zero-order valence-electron chi connectivity index (χ0n) is 11.8. The van der Waals surface area contributed by atoms with E-state index in [9.17, 15) is 15.0 Å². The number of aryl methyl sites for hydroxylation is 1. The fraction of sp³-hybridized carbons (Fsp3) is 0.235.